The van der Waals surface area contributed by atoms with Crippen LogP contribution < -0.4 is 4.90 Å². The molecule has 0 bridgehead atoms. The van der Waals surface area contributed by atoms with E-state index in [1.165, 1.54) is 56.2 Å². The molecular formula is C20H31NO. The van der Waals surface area contributed by atoms with E-state index in [9.17, 15) is 0 Å². The third-order valence-corrected chi connectivity index (χ3v) is 5.29. The average molecular weight is 301 g/mol. The Labute approximate surface area is 135 Å². The predicted octanol–water partition coefficient (Wildman–Crippen LogP) is 4.81. The maximum absolute atomic E-state index is 5.83. The zero-order chi connectivity index (χ0) is 15.4. The van der Waals surface area contributed by atoms with Crippen LogP contribution in [0.5, 0.6) is 0 Å². The second kappa shape index (κ2) is 7.50. The fraction of sp³-hybridized carbons (Fsp3) is 0.700. The highest BCUT2D eigenvalue weighted by molar-refractivity contribution is 5.48. The number of nitrogens with zero attached hydrogens (tertiary/aromatic N) is 1. The molecule has 2 heteroatoms. The van der Waals surface area contributed by atoms with Crippen LogP contribution in [0.2, 0.25) is 0 Å². The molecular weight excluding hydrogens is 270 g/mol. The zero-order valence-corrected chi connectivity index (χ0v) is 14.3. The summed E-state index contributed by atoms with van der Waals surface area (Å²) in [6.07, 6.45) is 10.6. The van der Waals surface area contributed by atoms with Crippen LogP contribution in [0.3, 0.4) is 0 Å². The van der Waals surface area contributed by atoms with Crippen molar-refractivity contribution in [2.24, 2.45) is 5.92 Å². The molecule has 2 fully saturated rings. The van der Waals surface area contributed by atoms with Crippen LogP contribution in [-0.2, 0) is 11.2 Å². The SMILES string of the molecule is CC1CN(c2ccc(CCC3CCCCC3)cc2)CC(C)O1. The topological polar surface area (TPSA) is 12.5 Å². The monoisotopic (exact) mass is 301 g/mol. The quantitative estimate of drug-likeness (QED) is 0.791. The number of hydrogen-bond donors (Lipinski definition) is 0. The molecule has 3 rings (SSSR count). The Morgan fingerprint density at radius 1 is 0.955 bits per heavy atom. The van der Waals surface area contributed by atoms with Crippen LogP contribution in [0, 0.1) is 5.92 Å². The molecule has 2 atom stereocenters. The summed E-state index contributed by atoms with van der Waals surface area (Å²) >= 11 is 0. The van der Waals surface area contributed by atoms with Gasteiger partial charge in [0.1, 0.15) is 0 Å². The Hall–Kier alpha value is -1.02. The Kier molecular flexibility index (Phi) is 5.41. The number of ether oxygens (including phenoxy) is 1. The number of hydrogen-bond acceptors (Lipinski definition) is 2. The first kappa shape index (κ1) is 15.9. The number of anilines is 1. The molecule has 22 heavy (non-hydrogen) atoms. The minimum absolute atomic E-state index is 0.328. The van der Waals surface area contributed by atoms with Gasteiger partial charge in [-0.2, -0.15) is 0 Å². The lowest BCUT2D eigenvalue weighted by molar-refractivity contribution is -0.00521. The summed E-state index contributed by atoms with van der Waals surface area (Å²) in [6, 6.07) is 9.29. The van der Waals surface area contributed by atoms with Gasteiger partial charge in [-0.25, -0.2) is 0 Å². The number of aryl methyl sites for hydroxylation is 1. The molecule has 1 saturated carbocycles. The standard InChI is InChI=1S/C20H31NO/c1-16-14-21(15-17(2)22-16)20-12-10-19(11-13-20)9-8-18-6-4-3-5-7-18/h10-13,16-18H,3-9,14-15H2,1-2H3. The molecule has 2 nitrogen and oxygen atoms in total. The van der Waals surface area contributed by atoms with Gasteiger partial charge in [0, 0.05) is 18.8 Å². The van der Waals surface area contributed by atoms with Gasteiger partial charge in [0.15, 0.2) is 0 Å². The summed E-state index contributed by atoms with van der Waals surface area (Å²) in [4.78, 5) is 2.46. The first-order chi connectivity index (χ1) is 10.7. The second-order valence-corrected chi connectivity index (χ2v) is 7.37. The van der Waals surface area contributed by atoms with Crippen molar-refractivity contribution in [1.82, 2.24) is 0 Å². The Bertz CT molecular complexity index is 439. The van der Waals surface area contributed by atoms with E-state index in [-0.39, 0.29) is 0 Å². The van der Waals surface area contributed by atoms with Gasteiger partial charge >= 0.3 is 0 Å². The fourth-order valence-corrected chi connectivity index (χ4v) is 4.11. The van der Waals surface area contributed by atoms with Crippen molar-refractivity contribution >= 4 is 5.69 Å². The van der Waals surface area contributed by atoms with Crippen molar-refractivity contribution in [1.29, 1.82) is 0 Å². The summed E-state index contributed by atoms with van der Waals surface area (Å²) in [5, 5.41) is 0. The van der Waals surface area contributed by atoms with E-state index in [1.807, 2.05) is 0 Å². The largest absolute Gasteiger partial charge is 0.372 e. The lowest BCUT2D eigenvalue weighted by atomic mass is 9.85. The molecule has 1 heterocycles. The van der Waals surface area contributed by atoms with Crippen molar-refractivity contribution in [3.63, 3.8) is 0 Å². The highest BCUT2D eigenvalue weighted by atomic mass is 16.5. The molecule has 1 aliphatic carbocycles. The summed E-state index contributed by atoms with van der Waals surface area (Å²) in [7, 11) is 0. The third kappa shape index (κ3) is 4.25. The van der Waals surface area contributed by atoms with Crippen molar-refractivity contribution in [2.75, 3.05) is 18.0 Å². The predicted molar refractivity (Wildman–Crippen MR) is 93.6 cm³/mol. The number of benzene rings is 1. The Morgan fingerprint density at radius 3 is 2.23 bits per heavy atom. The smallest absolute Gasteiger partial charge is 0.0726 e. The van der Waals surface area contributed by atoms with E-state index in [0.29, 0.717) is 12.2 Å². The fourth-order valence-electron chi connectivity index (χ4n) is 4.11. The highest BCUT2D eigenvalue weighted by Gasteiger charge is 2.22. The minimum atomic E-state index is 0.328. The lowest BCUT2D eigenvalue weighted by Crippen LogP contribution is -2.45. The van der Waals surface area contributed by atoms with Gasteiger partial charge in [0.25, 0.3) is 0 Å². The number of rotatable bonds is 4. The van der Waals surface area contributed by atoms with Crippen LogP contribution in [0.15, 0.2) is 24.3 Å². The number of morpholine rings is 1. The molecule has 0 aromatic heterocycles. The van der Waals surface area contributed by atoms with E-state index >= 15 is 0 Å². The molecule has 0 amide bonds. The van der Waals surface area contributed by atoms with E-state index in [0.717, 1.165) is 19.0 Å². The molecule has 0 spiro atoms. The molecule has 0 radical (unpaired) electrons. The molecule has 1 aliphatic heterocycles. The van der Waals surface area contributed by atoms with Crippen LogP contribution in [0.25, 0.3) is 0 Å². The van der Waals surface area contributed by atoms with Gasteiger partial charge in [-0.05, 0) is 50.3 Å². The van der Waals surface area contributed by atoms with E-state index < -0.39 is 0 Å². The summed E-state index contributed by atoms with van der Waals surface area (Å²) < 4.78 is 5.83. The van der Waals surface area contributed by atoms with Crippen LogP contribution >= 0.6 is 0 Å². The highest BCUT2D eigenvalue weighted by Crippen LogP contribution is 2.28. The second-order valence-electron chi connectivity index (χ2n) is 7.37. The van der Waals surface area contributed by atoms with Gasteiger partial charge in [0.2, 0.25) is 0 Å². The Balaban J connectivity index is 1.53. The normalized spacial score (nSPS) is 27.1. The van der Waals surface area contributed by atoms with Crippen molar-refractivity contribution in [3.8, 4) is 0 Å². The molecule has 1 saturated heterocycles. The molecule has 0 N–H and O–H groups in total. The maximum Gasteiger partial charge on any atom is 0.0726 e. The first-order valence-corrected chi connectivity index (χ1v) is 9.20. The third-order valence-electron chi connectivity index (χ3n) is 5.29. The van der Waals surface area contributed by atoms with Gasteiger partial charge in [-0.1, -0.05) is 44.2 Å². The van der Waals surface area contributed by atoms with Gasteiger partial charge in [0.05, 0.1) is 12.2 Å². The van der Waals surface area contributed by atoms with Gasteiger partial charge < -0.3 is 9.64 Å². The van der Waals surface area contributed by atoms with Crippen LogP contribution in [0.4, 0.5) is 5.69 Å². The van der Waals surface area contributed by atoms with Crippen molar-refractivity contribution in [2.45, 2.75) is 71.0 Å². The van der Waals surface area contributed by atoms with E-state index in [4.69, 9.17) is 4.74 Å². The van der Waals surface area contributed by atoms with Gasteiger partial charge in [-0.15, -0.1) is 0 Å². The van der Waals surface area contributed by atoms with Crippen LogP contribution in [0.1, 0.15) is 57.9 Å². The van der Waals surface area contributed by atoms with Crippen LogP contribution in [-0.4, -0.2) is 25.3 Å². The minimum Gasteiger partial charge on any atom is -0.372 e. The molecule has 1 aromatic rings. The summed E-state index contributed by atoms with van der Waals surface area (Å²) in [6.45, 7) is 6.35. The first-order valence-electron chi connectivity index (χ1n) is 9.20. The molecule has 2 unspecified atom stereocenters. The van der Waals surface area contributed by atoms with E-state index in [2.05, 4.69) is 43.0 Å². The van der Waals surface area contributed by atoms with E-state index in [1.54, 1.807) is 0 Å². The van der Waals surface area contributed by atoms with Crippen molar-refractivity contribution in [3.05, 3.63) is 29.8 Å². The average Bonchev–Trinajstić information content (AvgIpc) is 2.53. The Morgan fingerprint density at radius 2 is 1.59 bits per heavy atom. The maximum atomic E-state index is 5.83. The van der Waals surface area contributed by atoms with Gasteiger partial charge in [-0.3, -0.25) is 0 Å². The zero-order valence-electron chi connectivity index (χ0n) is 14.3. The summed E-state index contributed by atoms with van der Waals surface area (Å²) in [5.74, 6) is 0.981. The molecule has 2 aliphatic rings. The summed E-state index contributed by atoms with van der Waals surface area (Å²) in [5.41, 5.74) is 2.85. The molecule has 122 valence electrons. The molecule has 1 aromatic carbocycles. The van der Waals surface area contributed by atoms with Crippen molar-refractivity contribution < 1.29 is 4.74 Å². The lowest BCUT2D eigenvalue weighted by Gasteiger charge is -2.37.